The van der Waals surface area contributed by atoms with Crippen LogP contribution in [0, 0.1) is 5.92 Å². The summed E-state index contributed by atoms with van der Waals surface area (Å²) in [6.07, 6.45) is 2.99. The van der Waals surface area contributed by atoms with E-state index in [9.17, 15) is 4.79 Å². The maximum Gasteiger partial charge on any atom is 0.222 e. The van der Waals surface area contributed by atoms with Crippen LogP contribution in [0.1, 0.15) is 26.2 Å². The number of carbonyl (C=O) groups excluding carboxylic acids is 1. The monoisotopic (exact) mass is 281 g/mol. The average Bonchev–Trinajstić information content (AvgIpc) is 2.26. The molecule has 0 unspecified atom stereocenters. The Bertz CT molecular complexity index is 227. The van der Waals surface area contributed by atoms with Crippen LogP contribution >= 0.6 is 23.2 Å². The van der Waals surface area contributed by atoms with Crippen molar-refractivity contribution in [1.82, 2.24) is 4.90 Å². The highest BCUT2D eigenvalue weighted by Gasteiger charge is 2.32. The Balaban J connectivity index is 2.23. The van der Waals surface area contributed by atoms with Gasteiger partial charge < -0.3 is 9.64 Å². The van der Waals surface area contributed by atoms with Crippen molar-refractivity contribution in [1.29, 1.82) is 0 Å². The molecule has 1 fully saturated rings. The molecule has 1 amide bonds. The summed E-state index contributed by atoms with van der Waals surface area (Å²) in [5, 5.41) is 0. The van der Waals surface area contributed by atoms with Gasteiger partial charge in [-0.25, -0.2) is 0 Å². The van der Waals surface area contributed by atoms with Crippen molar-refractivity contribution in [2.45, 2.75) is 32.3 Å². The van der Waals surface area contributed by atoms with Crippen molar-refractivity contribution in [3.05, 3.63) is 0 Å². The molecule has 3 nitrogen and oxygen atoms in total. The SMILES string of the molecule is CCOC1CC(CC(=O)N(CCCl)CCCl)C1. The van der Waals surface area contributed by atoms with E-state index >= 15 is 0 Å². The van der Waals surface area contributed by atoms with Crippen LogP contribution < -0.4 is 0 Å². The minimum atomic E-state index is 0.172. The molecular formula is C12H21Cl2NO2. The third-order valence-electron chi connectivity index (χ3n) is 3.12. The van der Waals surface area contributed by atoms with E-state index in [1.807, 2.05) is 6.92 Å². The van der Waals surface area contributed by atoms with Crippen molar-refractivity contribution in [2.24, 2.45) is 5.92 Å². The average molecular weight is 282 g/mol. The lowest BCUT2D eigenvalue weighted by atomic mass is 9.79. The molecule has 0 saturated heterocycles. The van der Waals surface area contributed by atoms with E-state index in [1.54, 1.807) is 4.90 Å². The molecule has 0 N–H and O–H groups in total. The van der Waals surface area contributed by atoms with E-state index in [1.165, 1.54) is 0 Å². The molecule has 0 aromatic carbocycles. The first-order valence-corrected chi connectivity index (χ1v) is 7.29. The second kappa shape index (κ2) is 8.17. The van der Waals surface area contributed by atoms with Crippen molar-refractivity contribution < 1.29 is 9.53 Å². The van der Waals surface area contributed by atoms with Gasteiger partial charge in [-0.05, 0) is 25.7 Å². The Hall–Kier alpha value is 0.01000. The maximum atomic E-state index is 12.0. The predicted octanol–water partition coefficient (Wildman–Crippen LogP) is 2.50. The smallest absolute Gasteiger partial charge is 0.222 e. The molecule has 1 rings (SSSR count). The lowest BCUT2D eigenvalue weighted by Gasteiger charge is -2.35. The van der Waals surface area contributed by atoms with Crippen LogP contribution in [-0.4, -0.2) is 48.4 Å². The van der Waals surface area contributed by atoms with Crippen molar-refractivity contribution in [2.75, 3.05) is 31.5 Å². The topological polar surface area (TPSA) is 29.5 Å². The summed E-state index contributed by atoms with van der Waals surface area (Å²) >= 11 is 11.3. The third-order valence-corrected chi connectivity index (χ3v) is 3.46. The Morgan fingerprint density at radius 3 is 2.35 bits per heavy atom. The minimum Gasteiger partial charge on any atom is -0.378 e. The number of amides is 1. The lowest BCUT2D eigenvalue weighted by molar-refractivity contribution is -0.134. The molecule has 17 heavy (non-hydrogen) atoms. The number of alkyl halides is 2. The van der Waals surface area contributed by atoms with Gasteiger partial charge in [-0.1, -0.05) is 0 Å². The van der Waals surface area contributed by atoms with Crippen molar-refractivity contribution in [3.8, 4) is 0 Å². The van der Waals surface area contributed by atoms with Gasteiger partial charge in [-0.3, -0.25) is 4.79 Å². The standard InChI is InChI=1S/C12H21Cl2NO2/c1-2-17-11-7-10(8-11)9-12(16)15(5-3-13)6-4-14/h10-11H,2-9H2,1H3. The molecule has 100 valence electrons. The van der Waals surface area contributed by atoms with Gasteiger partial charge in [-0.15, -0.1) is 23.2 Å². The molecule has 0 radical (unpaired) electrons. The summed E-state index contributed by atoms with van der Waals surface area (Å²) in [6, 6.07) is 0. The summed E-state index contributed by atoms with van der Waals surface area (Å²) < 4.78 is 5.48. The van der Waals surface area contributed by atoms with E-state index in [-0.39, 0.29) is 5.91 Å². The van der Waals surface area contributed by atoms with E-state index in [0.29, 0.717) is 43.3 Å². The molecule has 0 spiro atoms. The van der Waals surface area contributed by atoms with Crippen LogP contribution in [0.3, 0.4) is 0 Å². The van der Waals surface area contributed by atoms with Crippen LogP contribution in [-0.2, 0) is 9.53 Å². The van der Waals surface area contributed by atoms with E-state index in [4.69, 9.17) is 27.9 Å². The summed E-state index contributed by atoms with van der Waals surface area (Å²) in [7, 11) is 0. The van der Waals surface area contributed by atoms with Gasteiger partial charge in [0.25, 0.3) is 0 Å². The fourth-order valence-corrected chi connectivity index (χ4v) is 2.56. The molecule has 0 heterocycles. The van der Waals surface area contributed by atoms with Crippen LogP contribution in [0.25, 0.3) is 0 Å². The van der Waals surface area contributed by atoms with Crippen LogP contribution in [0.4, 0.5) is 0 Å². The second-order valence-corrected chi connectivity index (χ2v) is 5.13. The molecule has 1 aliphatic carbocycles. The highest BCUT2D eigenvalue weighted by atomic mass is 35.5. The molecule has 1 saturated carbocycles. The van der Waals surface area contributed by atoms with Gasteiger partial charge in [0, 0.05) is 37.9 Å². The summed E-state index contributed by atoms with van der Waals surface area (Å²) in [4.78, 5) is 13.7. The molecule has 0 aliphatic heterocycles. The number of halogens is 2. The van der Waals surface area contributed by atoms with Crippen LogP contribution in [0.2, 0.25) is 0 Å². The fraction of sp³-hybridized carbons (Fsp3) is 0.917. The fourth-order valence-electron chi connectivity index (χ4n) is 2.15. The first-order chi connectivity index (χ1) is 8.21. The summed E-state index contributed by atoms with van der Waals surface area (Å²) in [5.74, 6) is 1.59. The summed E-state index contributed by atoms with van der Waals surface area (Å²) in [6.45, 7) is 3.94. The zero-order valence-corrected chi connectivity index (χ0v) is 11.8. The van der Waals surface area contributed by atoms with Gasteiger partial charge >= 0.3 is 0 Å². The number of nitrogens with zero attached hydrogens (tertiary/aromatic N) is 1. The Labute approximate surface area is 113 Å². The molecule has 0 aromatic rings. The minimum absolute atomic E-state index is 0.172. The zero-order chi connectivity index (χ0) is 12.7. The molecular weight excluding hydrogens is 261 g/mol. The quantitative estimate of drug-likeness (QED) is 0.640. The van der Waals surface area contributed by atoms with E-state index in [2.05, 4.69) is 0 Å². The third kappa shape index (κ3) is 5.02. The normalized spacial score (nSPS) is 23.2. The number of rotatable bonds is 8. The number of ether oxygens (including phenoxy) is 1. The van der Waals surface area contributed by atoms with Gasteiger partial charge in [0.2, 0.25) is 5.91 Å². The highest BCUT2D eigenvalue weighted by molar-refractivity contribution is 6.18. The molecule has 1 aliphatic rings. The maximum absolute atomic E-state index is 12.0. The van der Waals surface area contributed by atoms with E-state index < -0.39 is 0 Å². The first kappa shape index (κ1) is 15.1. The molecule has 0 aromatic heterocycles. The van der Waals surface area contributed by atoms with Gasteiger partial charge in [-0.2, -0.15) is 0 Å². The first-order valence-electron chi connectivity index (χ1n) is 6.22. The predicted molar refractivity (Wildman–Crippen MR) is 70.8 cm³/mol. The van der Waals surface area contributed by atoms with Gasteiger partial charge in [0.1, 0.15) is 0 Å². The number of carbonyl (C=O) groups is 1. The summed E-state index contributed by atoms with van der Waals surface area (Å²) in [5.41, 5.74) is 0. The Kier molecular flexibility index (Phi) is 7.24. The molecule has 0 bridgehead atoms. The Morgan fingerprint density at radius 1 is 1.29 bits per heavy atom. The number of hydrogen-bond acceptors (Lipinski definition) is 2. The highest BCUT2D eigenvalue weighted by Crippen LogP contribution is 2.33. The number of hydrogen-bond donors (Lipinski definition) is 0. The molecule has 5 heteroatoms. The Morgan fingerprint density at radius 2 is 1.88 bits per heavy atom. The zero-order valence-electron chi connectivity index (χ0n) is 10.3. The van der Waals surface area contributed by atoms with Crippen LogP contribution in [0.5, 0.6) is 0 Å². The lowest BCUT2D eigenvalue weighted by Crippen LogP contribution is -2.39. The second-order valence-electron chi connectivity index (χ2n) is 4.38. The van der Waals surface area contributed by atoms with E-state index in [0.717, 1.165) is 19.4 Å². The van der Waals surface area contributed by atoms with Crippen LogP contribution in [0.15, 0.2) is 0 Å². The van der Waals surface area contributed by atoms with Crippen molar-refractivity contribution >= 4 is 29.1 Å². The largest absolute Gasteiger partial charge is 0.378 e. The van der Waals surface area contributed by atoms with Crippen molar-refractivity contribution in [3.63, 3.8) is 0 Å². The van der Waals surface area contributed by atoms with Gasteiger partial charge in [0.05, 0.1) is 6.10 Å². The van der Waals surface area contributed by atoms with Gasteiger partial charge in [0.15, 0.2) is 0 Å². The molecule has 0 atom stereocenters.